The van der Waals surface area contributed by atoms with Gasteiger partial charge >= 0.3 is 5.97 Å². The third kappa shape index (κ3) is 5.49. The van der Waals surface area contributed by atoms with E-state index in [0.717, 1.165) is 19.3 Å². The lowest BCUT2D eigenvalue weighted by Crippen LogP contribution is -2.04. The van der Waals surface area contributed by atoms with Crippen molar-refractivity contribution in [3.63, 3.8) is 0 Å². The maximum atomic E-state index is 11.1. The summed E-state index contributed by atoms with van der Waals surface area (Å²) in [7, 11) is 0. The number of esters is 1. The van der Waals surface area contributed by atoms with E-state index in [0.29, 0.717) is 13.0 Å². The highest BCUT2D eigenvalue weighted by Gasteiger charge is 2.04. The summed E-state index contributed by atoms with van der Waals surface area (Å²) in [5, 5.41) is 0. The van der Waals surface area contributed by atoms with Crippen molar-refractivity contribution in [1.82, 2.24) is 0 Å². The molecule has 0 saturated heterocycles. The van der Waals surface area contributed by atoms with E-state index in [2.05, 4.69) is 11.1 Å². The fourth-order valence-corrected chi connectivity index (χ4v) is 1.54. The van der Waals surface area contributed by atoms with Gasteiger partial charge < -0.3 is 4.74 Å². The second kappa shape index (κ2) is 7.85. The highest BCUT2D eigenvalue weighted by Crippen LogP contribution is 2.09. The molecule has 0 bridgehead atoms. The molecule has 0 spiro atoms. The lowest BCUT2D eigenvalue weighted by molar-refractivity contribution is -0.143. The second-order valence-electron chi connectivity index (χ2n) is 3.69. The van der Waals surface area contributed by atoms with Crippen molar-refractivity contribution in [2.24, 2.45) is 4.99 Å². The Balaban J connectivity index is 2.09. The van der Waals surface area contributed by atoms with Crippen molar-refractivity contribution in [2.75, 3.05) is 6.61 Å². The van der Waals surface area contributed by atoms with Crippen LogP contribution in [0.25, 0.3) is 0 Å². The van der Waals surface area contributed by atoms with Gasteiger partial charge in [0.05, 0.1) is 12.6 Å². The Bertz CT molecular complexity index is 276. The normalized spacial score (nSPS) is 18.4. The summed E-state index contributed by atoms with van der Waals surface area (Å²) >= 11 is 0. The molecule has 0 fully saturated rings. The van der Waals surface area contributed by atoms with Crippen molar-refractivity contribution in [2.45, 2.75) is 38.6 Å². The van der Waals surface area contributed by atoms with Gasteiger partial charge in [-0.05, 0) is 25.8 Å². The molecule has 0 aromatic rings. The molecule has 3 nitrogen and oxygen atoms in total. The highest BCUT2D eigenvalue weighted by molar-refractivity contribution is 5.72. The number of unbranched alkanes of at least 4 members (excludes halogenated alkanes) is 1. The smallest absolute Gasteiger partial charge is 0.305 e. The molecule has 0 aromatic carbocycles. The van der Waals surface area contributed by atoms with E-state index in [4.69, 9.17) is 4.74 Å². The molecule has 1 aliphatic rings. The average Bonchev–Trinajstić information content (AvgIpc) is 2.53. The van der Waals surface area contributed by atoms with Gasteiger partial charge in [0, 0.05) is 12.6 Å². The van der Waals surface area contributed by atoms with Crippen LogP contribution < -0.4 is 0 Å². The SMILES string of the molecule is CCOC(=O)CCCCC1C=CC=CC=N1. The standard InChI is InChI=1S/C13H19NO2/c1-2-16-13(15)10-6-5-9-12-8-4-3-7-11-14-12/h3-4,7-8,11-12H,2,5-6,9-10H2,1H3. The first-order valence-corrected chi connectivity index (χ1v) is 5.85. The first-order valence-electron chi connectivity index (χ1n) is 5.85. The van der Waals surface area contributed by atoms with E-state index < -0.39 is 0 Å². The summed E-state index contributed by atoms with van der Waals surface area (Å²) < 4.78 is 4.86. The van der Waals surface area contributed by atoms with E-state index in [1.807, 2.05) is 31.4 Å². The first-order chi connectivity index (χ1) is 7.83. The number of ether oxygens (including phenoxy) is 1. The summed E-state index contributed by atoms with van der Waals surface area (Å²) in [5.41, 5.74) is 0. The third-order valence-corrected chi connectivity index (χ3v) is 2.36. The number of hydrogen-bond donors (Lipinski definition) is 0. The lowest BCUT2D eigenvalue weighted by Gasteiger charge is -2.06. The van der Waals surface area contributed by atoms with E-state index in [1.54, 1.807) is 0 Å². The highest BCUT2D eigenvalue weighted by atomic mass is 16.5. The molecule has 88 valence electrons. The molecule has 0 saturated carbocycles. The zero-order chi connectivity index (χ0) is 11.6. The van der Waals surface area contributed by atoms with Gasteiger partial charge in [0.1, 0.15) is 0 Å². The van der Waals surface area contributed by atoms with E-state index in [-0.39, 0.29) is 12.0 Å². The molecule has 16 heavy (non-hydrogen) atoms. The maximum absolute atomic E-state index is 11.1. The molecule has 1 atom stereocenters. The van der Waals surface area contributed by atoms with Crippen LogP contribution in [0.1, 0.15) is 32.6 Å². The summed E-state index contributed by atoms with van der Waals surface area (Å²) in [6, 6.07) is 0.261. The van der Waals surface area contributed by atoms with Crippen LogP contribution in [0.4, 0.5) is 0 Å². The quantitative estimate of drug-likeness (QED) is 0.511. The molecule has 0 N–H and O–H groups in total. The average molecular weight is 221 g/mol. The number of allylic oxidation sites excluding steroid dienone is 3. The number of carbonyl (C=O) groups is 1. The predicted octanol–water partition coefficient (Wildman–Crippen LogP) is 2.68. The Kier molecular flexibility index (Phi) is 6.23. The van der Waals surface area contributed by atoms with Crippen LogP contribution in [0.15, 0.2) is 29.3 Å². The molecule has 1 rings (SSSR count). The van der Waals surface area contributed by atoms with Crippen LogP contribution in [-0.4, -0.2) is 24.8 Å². The van der Waals surface area contributed by atoms with Crippen LogP contribution in [0.5, 0.6) is 0 Å². The number of carbonyl (C=O) groups excluding carboxylic acids is 1. The molecule has 0 aliphatic carbocycles. The van der Waals surface area contributed by atoms with Crippen LogP contribution in [-0.2, 0) is 9.53 Å². The Morgan fingerprint density at radius 1 is 1.31 bits per heavy atom. The minimum Gasteiger partial charge on any atom is -0.466 e. The Morgan fingerprint density at radius 2 is 2.19 bits per heavy atom. The Hall–Kier alpha value is -1.38. The number of hydrogen-bond acceptors (Lipinski definition) is 3. The van der Waals surface area contributed by atoms with Crippen molar-refractivity contribution < 1.29 is 9.53 Å². The molecule has 1 heterocycles. The fraction of sp³-hybridized carbons (Fsp3) is 0.538. The number of rotatable bonds is 6. The van der Waals surface area contributed by atoms with E-state index >= 15 is 0 Å². The van der Waals surface area contributed by atoms with Gasteiger partial charge in [0.2, 0.25) is 0 Å². The number of aliphatic imine (C=N–C) groups is 1. The van der Waals surface area contributed by atoms with Gasteiger partial charge in [-0.1, -0.05) is 24.6 Å². The van der Waals surface area contributed by atoms with E-state index in [9.17, 15) is 4.79 Å². The van der Waals surface area contributed by atoms with E-state index in [1.165, 1.54) is 0 Å². The van der Waals surface area contributed by atoms with Crippen LogP contribution >= 0.6 is 0 Å². The Labute approximate surface area is 96.9 Å². The van der Waals surface area contributed by atoms with Crippen molar-refractivity contribution in [3.05, 3.63) is 24.3 Å². The summed E-state index contributed by atoms with van der Waals surface area (Å²) in [6.07, 6.45) is 13.2. The maximum Gasteiger partial charge on any atom is 0.305 e. The van der Waals surface area contributed by atoms with Gasteiger partial charge in [0.25, 0.3) is 0 Å². The molecule has 0 amide bonds. The van der Waals surface area contributed by atoms with Gasteiger partial charge in [-0.2, -0.15) is 0 Å². The van der Waals surface area contributed by atoms with Gasteiger partial charge in [-0.15, -0.1) is 0 Å². The second-order valence-corrected chi connectivity index (χ2v) is 3.69. The summed E-state index contributed by atoms with van der Waals surface area (Å²) in [4.78, 5) is 15.4. The summed E-state index contributed by atoms with van der Waals surface area (Å²) in [5.74, 6) is -0.0934. The monoisotopic (exact) mass is 221 g/mol. The first kappa shape index (κ1) is 12.7. The third-order valence-electron chi connectivity index (χ3n) is 2.36. The lowest BCUT2D eigenvalue weighted by atomic mass is 10.1. The van der Waals surface area contributed by atoms with Crippen molar-refractivity contribution in [3.8, 4) is 0 Å². The largest absolute Gasteiger partial charge is 0.466 e. The minimum absolute atomic E-state index is 0.0934. The zero-order valence-electron chi connectivity index (χ0n) is 9.76. The molecule has 0 radical (unpaired) electrons. The van der Waals surface area contributed by atoms with Crippen molar-refractivity contribution in [1.29, 1.82) is 0 Å². The molecule has 3 heteroatoms. The molecule has 0 aromatic heterocycles. The van der Waals surface area contributed by atoms with Gasteiger partial charge in [0.15, 0.2) is 0 Å². The zero-order valence-corrected chi connectivity index (χ0v) is 9.76. The fourth-order valence-electron chi connectivity index (χ4n) is 1.54. The van der Waals surface area contributed by atoms with Gasteiger partial charge in [-0.3, -0.25) is 9.79 Å². The predicted molar refractivity (Wildman–Crippen MR) is 65.7 cm³/mol. The summed E-state index contributed by atoms with van der Waals surface area (Å²) in [6.45, 7) is 2.30. The van der Waals surface area contributed by atoms with Crippen LogP contribution in [0, 0.1) is 0 Å². The Morgan fingerprint density at radius 3 is 3.00 bits per heavy atom. The molecule has 1 aliphatic heterocycles. The topological polar surface area (TPSA) is 38.7 Å². The number of nitrogens with zero attached hydrogens (tertiary/aromatic N) is 1. The van der Waals surface area contributed by atoms with Crippen molar-refractivity contribution >= 4 is 12.2 Å². The molecular formula is C13H19NO2. The van der Waals surface area contributed by atoms with Gasteiger partial charge in [-0.25, -0.2) is 0 Å². The molecule has 1 unspecified atom stereocenters. The van der Waals surface area contributed by atoms with Crippen LogP contribution in [0.3, 0.4) is 0 Å². The van der Waals surface area contributed by atoms with Crippen LogP contribution in [0.2, 0.25) is 0 Å². The minimum atomic E-state index is -0.0934. The molecular weight excluding hydrogens is 202 g/mol.